The number of carbonyl (C=O) groups is 3. The second-order valence-electron chi connectivity index (χ2n) is 8.81. The van der Waals surface area contributed by atoms with Crippen LogP contribution in [-0.2, 0) is 19.1 Å². The number of carboxylic acid groups (broad SMARTS) is 1. The molecule has 1 aliphatic carbocycles. The molecule has 0 bridgehead atoms. The summed E-state index contributed by atoms with van der Waals surface area (Å²) >= 11 is 0. The van der Waals surface area contributed by atoms with Crippen LogP contribution in [0.2, 0.25) is 0 Å². The fourth-order valence-corrected chi connectivity index (χ4v) is 4.70. The molecule has 1 saturated heterocycles. The standard InChI is InChI=1S/C26H30N2O6/c1-2-17(12-24(29)30)28-25(31)16-11-18(33-14-16)13-27-26(32)34-15-23-21-9-5-3-7-19(21)20-8-4-6-10-22(20)23/h3-10,16-18,23H,2,11-15H2,1H3,(H,27,32)(H,28,31)(H,29,30). The lowest BCUT2D eigenvalue weighted by atomic mass is 9.98. The number of benzene rings is 2. The molecule has 34 heavy (non-hydrogen) atoms. The van der Waals surface area contributed by atoms with E-state index in [9.17, 15) is 14.4 Å². The number of carboxylic acids is 1. The van der Waals surface area contributed by atoms with Crippen molar-refractivity contribution in [2.45, 2.75) is 44.2 Å². The Labute approximate surface area is 198 Å². The van der Waals surface area contributed by atoms with Crippen LogP contribution < -0.4 is 10.6 Å². The second kappa shape index (κ2) is 10.7. The molecule has 2 aromatic rings. The van der Waals surface area contributed by atoms with Gasteiger partial charge in [0.1, 0.15) is 6.61 Å². The van der Waals surface area contributed by atoms with Gasteiger partial charge in [-0.15, -0.1) is 0 Å². The molecule has 3 N–H and O–H groups in total. The van der Waals surface area contributed by atoms with Gasteiger partial charge in [0.05, 0.1) is 25.0 Å². The molecule has 4 rings (SSSR count). The van der Waals surface area contributed by atoms with E-state index in [0.717, 1.165) is 11.1 Å². The van der Waals surface area contributed by atoms with Crippen LogP contribution in [0.25, 0.3) is 11.1 Å². The van der Waals surface area contributed by atoms with Crippen molar-refractivity contribution in [3.05, 3.63) is 59.7 Å². The van der Waals surface area contributed by atoms with E-state index in [4.69, 9.17) is 14.6 Å². The van der Waals surface area contributed by atoms with Crippen molar-refractivity contribution in [2.24, 2.45) is 5.92 Å². The molecule has 0 radical (unpaired) electrons. The Bertz CT molecular complexity index is 1010. The molecule has 0 spiro atoms. The van der Waals surface area contributed by atoms with Crippen LogP contribution in [0.1, 0.15) is 43.2 Å². The normalized spacial score (nSPS) is 19.7. The number of aliphatic carboxylic acids is 1. The number of nitrogens with one attached hydrogen (secondary N) is 2. The summed E-state index contributed by atoms with van der Waals surface area (Å²) in [4.78, 5) is 35.7. The molecule has 2 aliphatic rings. The predicted molar refractivity (Wildman–Crippen MR) is 125 cm³/mol. The summed E-state index contributed by atoms with van der Waals surface area (Å²) in [5.41, 5.74) is 4.64. The Kier molecular flexibility index (Phi) is 7.47. The smallest absolute Gasteiger partial charge is 0.407 e. The number of alkyl carbamates (subject to hydrolysis) is 1. The largest absolute Gasteiger partial charge is 0.481 e. The zero-order valence-corrected chi connectivity index (χ0v) is 19.2. The fraction of sp³-hybridized carbons (Fsp3) is 0.423. The lowest BCUT2D eigenvalue weighted by Crippen LogP contribution is -2.40. The lowest BCUT2D eigenvalue weighted by molar-refractivity contribution is -0.137. The molecule has 1 fully saturated rings. The Hall–Kier alpha value is -3.39. The first-order chi connectivity index (χ1) is 16.5. The number of fused-ring (bicyclic) bond motifs is 3. The SMILES string of the molecule is CCC(CC(=O)O)NC(=O)C1COC(CNC(=O)OCC2c3ccccc3-c3ccccc32)C1. The summed E-state index contributed by atoms with van der Waals surface area (Å²) in [7, 11) is 0. The van der Waals surface area contributed by atoms with Gasteiger partial charge in [-0.05, 0) is 35.1 Å². The number of hydrogen-bond donors (Lipinski definition) is 3. The molecular weight excluding hydrogens is 436 g/mol. The first-order valence-electron chi connectivity index (χ1n) is 11.7. The van der Waals surface area contributed by atoms with Crippen molar-refractivity contribution in [3.63, 3.8) is 0 Å². The third-order valence-electron chi connectivity index (χ3n) is 6.53. The predicted octanol–water partition coefficient (Wildman–Crippen LogP) is 3.30. The molecule has 8 nitrogen and oxygen atoms in total. The topological polar surface area (TPSA) is 114 Å². The lowest BCUT2D eigenvalue weighted by Gasteiger charge is -2.17. The molecule has 1 heterocycles. The van der Waals surface area contributed by atoms with E-state index >= 15 is 0 Å². The summed E-state index contributed by atoms with van der Waals surface area (Å²) in [6.07, 6.45) is 0.0709. The number of carbonyl (C=O) groups excluding carboxylic acids is 2. The molecule has 2 aromatic carbocycles. The molecule has 8 heteroatoms. The Morgan fingerprint density at radius 3 is 2.35 bits per heavy atom. The highest BCUT2D eigenvalue weighted by atomic mass is 16.5. The highest BCUT2D eigenvalue weighted by Gasteiger charge is 2.33. The van der Waals surface area contributed by atoms with Gasteiger partial charge in [-0.1, -0.05) is 55.5 Å². The van der Waals surface area contributed by atoms with Gasteiger partial charge in [-0.25, -0.2) is 4.79 Å². The summed E-state index contributed by atoms with van der Waals surface area (Å²) in [5, 5.41) is 14.5. The zero-order valence-electron chi connectivity index (χ0n) is 19.2. The average Bonchev–Trinajstić information content (AvgIpc) is 3.44. The van der Waals surface area contributed by atoms with Gasteiger partial charge in [-0.3, -0.25) is 9.59 Å². The minimum atomic E-state index is -0.944. The van der Waals surface area contributed by atoms with Crippen molar-refractivity contribution in [2.75, 3.05) is 19.8 Å². The minimum Gasteiger partial charge on any atom is -0.481 e. The summed E-state index contributed by atoms with van der Waals surface area (Å²) in [5.74, 6) is -1.53. The van der Waals surface area contributed by atoms with Crippen LogP contribution in [0.5, 0.6) is 0 Å². The van der Waals surface area contributed by atoms with Gasteiger partial charge in [0.2, 0.25) is 5.91 Å². The van der Waals surface area contributed by atoms with Crippen LogP contribution in [0.4, 0.5) is 4.79 Å². The number of hydrogen-bond acceptors (Lipinski definition) is 5. The van der Waals surface area contributed by atoms with Gasteiger partial charge in [0.25, 0.3) is 0 Å². The molecular formula is C26H30N2O6. The third kappa shape index (κ3) is 5.39. The first kappa shape index (κ1) is 23.8. The van der Waals surface area contributed by atoms with Crippen LogP contribution in [0.15, 0.2) is 48.5 Å². The third-order valence-corrected chi connectivity index (χ3v) is 6.53. The summed E-state index contributed by atoms with van der Waals surface area (Å²) in [6, 6.07) is 15.9. The molecule has 2 amide bonds. The maximum absolute atomic E-state index is 12.4. The van der Waals surface area contributed by atoms with E-state index in [1.165, 1.54) is 11.1 Å². The van der Waals surface area contributed by atoms with Crippen LogP contribution in [-0.4, -0.2) is 55.0 Å². The van der Waals surface area contributed by atoms with E-state index in [-0.39, 0.29) is 50.0 Å². The maximum atomic E-state index is 12.4. The van der Waals surface area contributed by atoms with Gasteiger partial charge in [-0.2, -0.15) is 0 Å². The molecule has 0 saturated carbocycles. The van der Waals surface area contributed by atoms with Gasteiger partial charge < -0.3 is 25.2 Å². The van der Waals surface area contributed by atoms with Gasteiger partial charge >= 0.3 is 12.1 Å². The monoisotopic (exact) mass is 466 g/mol. The maximum Gasteiger partial charge on any atom is 0.407 e. The van der Waals surface area contributed by atoms with Gasteiger partial charge in [0.15, 0.2) is 0 Å². The first-order valence-corrected chi connectivity index (χ1v) is 11.7. The Morgan fingerprint density at radius 2 is 1.74 bits per heavy atom. The van der Waals surface area contributed by atoms with Crippen LogP contribution in [0, 0.1) is 5.92 Å². The van der Waals surface area contributed by atoms with Crippen molar-refractivity contribution in [1.29, 1.82) is 0 Å². The quantitative estimate of drug-likeness (QED) is 0.523. The summed E-state index contributed by atoms with van der Waals surface area (Å²) < 4.78 is 11.2. The number of ether oxygens (including phenoxy) is 2. The van der Waals surface area contributed by atoms with E-state index in [1.807, 2.05) is 31.2 Å². The highest BCUT2D eigenvalue weighted by Crippen LogP contribution is 2.44. The van der Waals surface area contributed by atoms with E-state index in [2.05, 4.69) is 34.9 Å². The van der Waals surface area contributed by atoms with Crippen molar-refractivity contribution in [3.8, 4) is 11.1 Å². The van der Waals surface area contributed by atoms with Crippen molar-refractivity contribution >= 4 is 18.0 Å². The number of rotatable bonds is 9. The van der Waals surface area contributed by atoms with E-state index < -0.39 is 18.1 Å². The highest BCUT2D eigenvalue weighted by molar-refractivity contribution is 5.80. The molecule has 1 aliphatic heterocycles. The van der Waals surface area contributed by atoms with E-state index in [0.29, 0.717) is 12.8 Å². The number of amides is 2. The summed E-state index contributed by atoms with van der Waals surface area (Å²) in [6.45, 7) is 2.55. The molecule has 0 aromatic heterocycles. The Balaban J connectivity index is 1.23. The molecule has 3 atom stereocenters. The van der Waals surface area contributed by atoms with Gasteiger partial charge in [0, 0.05) is 18.5 Å². The van der Waals surface area contributed by atoms with Crippen LogP contribution >= 0.6 is 0 Å². The molecule has 3 unspecified atom stereocenters. The molecule has 180 valence electrons. The Morgan fingerprint density at radius 1 is 1.09 bits per heavy atom. The van der Waals surface area contributed by atoms with E-state index in [1.54, 1.807) is 0 Å². The van der Waals surface area contributed by atoms with Crippen molar-refractivity contribution < 1.29 is 29.0 Å². The zero-order chi connectivity index (χ0) is 24.1. The fourth-order valence-electron chi connectivity index (χ4n) is 4.70. The average molecular weight is 467 g/mol. The minimum absolute atomic E-state index is 0.00808. The second-order valence-corrected chi connectivity index (χ2v) is 8.81. The van der Waals surface area contributed by atoms with Crippen molar-refractivity contribution in [1.82, 2.24) is 10.6 Å². The van der Waals surface area contributed by atoms with Crippen LogP contribution in [0.3, 0.4) is 0 Å².